The zero-order valence-electron chi connectivity index (χ0n) is 17.1. The molecule has 0 fully saturated rings. The Bertz CT molecular complexity index is 1180. The maximum atomic E-state index is 13.3. The number of aryl methyl sites for hydroxylation is 2. The second kappa shape index (κ2) is 9.83. The van der Waals surface area contributed by atoms with Crippen LogP contribution in [0.5, 0.6) is 0 Å². The fraction of sp³-hybridized carbons (Fsp3) is 0.174. The smallest absolute Gasteiger partial charge is 0.243 e. The molecular weight excluding hydrogens is 455 g/mol. The van der Waals surface area contributed by atoms with Crippen molar-refractivity contribution in [3.05, 3.63) is 93.5 Å². The van der Waals surface area contributed by atoms with E-state index in [4.69, 9.17) is 23.2 Å². The minimum Gasteiger partial charge on any atom is -0.325 e. The largest absolute Gasteiger partial charge is 0.325 e. The van der Waals surface area contributed by atoms with Gasteiger partial charge >= 0.3 is 0 Å². The van der Waals surface area contributed by atoms with Gasteiger partial charge in [-0.15, -0.1) is 0 Å². The van der Waals surface area contributed by atoms with Crippen LogP contribution in [0.15, 0.2) is 71.6 Å². The summed E-state index contributed by atoms with van der Waals surface area (Å²) in [4.78, 5) is 12.8. The molecule has 8 heteroatoms. The Hall–Kier alpha value is -2.38. The highest BCUT2D eigenvalue weighted by Gasteiger charge is 2.27. The summed E-state index contributed by atoms with van der Waals surface area (Å²) in [7, 11) is -3.94. The number of halogens is 2. The third-order valence-corrected chi connectivity index (χ3v) is 7.01. The summed E-state index contributed by atoms with van der Waals surface area (Å²) in [5.74, 6) is -0.449. The molecule has 3 rings (SSSR count). The monoisotopic (exact) mass is 476 g/mol. The van der Waals surface area contributed by atoms with Crippen molar-refractivity contribution in [2.24, 2.45) is 0 Å². The zero-order valence-corrected chi connectivity index (χ0v) is 19.4. The Kier molecular flexibility index (Phi) is 7.38. The lowest BCUT2D eigenvalue weighted by atomic mass is 10.1. The van der Waals surface area contributed by atoms with Gasteiger partial charge < -0.3 is 5.32 Å². The van der Waals surface area contributed by atoms with Crippen LogP contribution in [0.4, 0.5) is 5.69 Å². The molecule has 0 aliphatic rings. The van der Waals surface area contributed by atoms with Crippen molar-refractivity contribution < 1.29 is 13.2 Å². The van der Waals surface area contributed by atoms with Crippen LogP contribution in [0, 0.1) is 13.8 Å². The molecule has 0 aliphatic carbocycles. The third kappa shape index (κ3) is 6.08. The summed E-state index contributed by atoms with van der Waals surface area (Å²) in [5.41, 5.74) is 3.20. The van der Waals surface area contributed by atoms with Gasteiger partial charge in [0.15, 0.2) is 0 Å². The summed E-state index contributed by atoms with van der Waals surface area (Å²) in [5, 5.41) is 3.76. The van der Waals surface area contributed by atoms with Crippen molar-refractivity contribution in [3.63, 3.8) is 0 Å². The molecule has 162 valence electrons. The Labute approximate surface area is 192 Å². The predicted molar refractivity (Wildman–Crippen MR) is 125 cm³/mol. The molecule has 0 saturated heterocycles. The minimum absolute atomic E-state index is 0.0538. The van der Waals surface area contributed by atoms with Crippen molar-refractivity contribution in [3.8, 4) is 0 Å². The van der Waals surface area contributed by atoms with Crippen molar-refractivity contribution in [1.29, 1.82) is 0 Å². The van der Waals surface area contributed by atoms with Crippen LogP contribution in [-0.4, -0.2) is 25.2 Å². The first-order chi connectivity index (χ1) is 14.6. The molecular formula is C23H22Cl2N2O3S. The average molecular weight is 477 g/mol. The van der Waals surface area contributed by atoms with Crippen LogP contribution in [0.1, 0.15) is 16.7 Å². The van der Waals surface area contributed by atoms with E-state index in [0.29, 0.717) is 15.7 Å². The van der Waals surface area contributed by atoms with E-state index in [-0.39, 0.29) is 18.0 Å². The van der Waals surface area contributed by atoms with Gasteiger partial charge in [-0.3, -0.25) is 4.79 Å². The van der Waals surface area contributed by atoms with Crippen molar-refractivity contribution in [2.45, 2.75) is 25.3 Å². The van der Waals surface area contributed by atoms with Crippen LogP contribution in [-0.2, 0) is 21.4 Å². The maximum absolute atomic E-state index is 13.3. The van der Waals surface area contributed by atoms with E-state index in [1.54, 1.807) is 18.2 Å². The third-order valence-electron chi connectivity index (χ3n) is 4.71. The summed E-state index contributed by atoms with van der Waals surface area (Å²) in [6, 6.07) is 18.5. The van der Waals surface area contributed by atoms with Crippen LogP contribution in [0.3, 0.4) is 0 Å². The summed E-state index contributed by atoms with van der Waals surface area (Å²) in [6.07, 6.45) is 0. The number of anilines is 1. The van der Waals surface area contributed by atoms with E-state index in [1.807, 2.05) is 38.1 Å². The predicted octanol–water partition coefficient (Wildman–Crippen LogP) is 5.44. The Morgan fingerprint density at radius 3 is 2.13 bits per heavy atom. The summed E-state index contributed by atoms with van der Waals surface area (Å²) in [6.45, 7) is 3.48. The number of sulfonamides is 1. The highest BCUT2D eigenvalue weighted by atomic mass is 35.5. The number of amides is 1. The topological polar surface area (TPSA) is 66.5 Å². The zero-order chi connectivity index (χ0) is 22.6. The molecule has 0 bridgehead atoms. The maximum Gasteiger partial charge on any atom is 0.243 e. The molecule has 0 spiro atoms. The first kappa shape index (κ1) is 23.3. The molecule has 5 nitrogen and oxygen atoms in total. The number of benzene rings is 3. The van der Waals surface area contributed by atoms with Gasteiger partial charge in [0.05, 0.1) is 11.4 Å². The molecule has 3 aromatic rings. The fourth-order valence-corrected chi connectivity index (χ4v) is 4.73. The molecule has 0 radical (unpaired) electrons. The van der Waals surface area contributed by atoms with E-state index < -0.39 is 15.9 Å². The van der Waals surface area contributed by atoms with Gasteiger partial charge in [0.2, 0.25) is 15.9 Å². The quantitative estimate of drug-likeness (QED) is 0.493. The number of carbonyl (C=O) groups is 1. The van der Waals surface area contributed by atoms with E-state index >= 15 is 0 Å². The minimum atomic E-state index is -3.94. The molecule has 1 amide bonds. The Balaban J connectivity index is 1.88. The second-order valence-electron chi connectivity index (χ2n) is 7.22. The standard InChI is InChI=1S/C23H22Cl2N2O3S/c1-16-3-5-18(6-4-16)14-27(31(29,30)21-10-7-19(24)8-11-21)15-23(28)26-22-12-9-20(25)13-17(22)2/h3-13H,14-15H2,1-2H3,(H,26,28). The van der Waals surface area contributed by atoms with Gasteiger partial charge in [-0.25, -0.2) is 8.42 Å². The summed E-state index contributed by atoms with van der Waals surface area (Å²) < 4.78 is 27.8. The summed E-state index contributed by atoms with van der Waals surface area (Å²) >= 11 is 11.9. The van der Waals surface area contributed by atoms with Crippen LogP contribution in [0.25, 0.3) is 0 Å². The van der Waals surface area contributed by atoms with Crippen LogP contribution >= 0.6 is 23.2 Å². The lowest BCUT2D eigenvalue weighted by molar-refractivity contribution is -0.116. The van der Waals surface area contributed by atoms with Crippen LogP contribution < -0.4 is 5.32 Å². The number of hydrogen-bond acceptors (Lipinski definition) is 3. The molecule has 0 heterocycles. The highest BCUT2D eigenvalue weighted by Crippen LogP contribution is 2.22. The van der Waals surface area contributed by atoms with Crippen molar-refractivity contribution in [2.75, 3.05) is 11.9 Å². The van der Waals surface area contributed by atoms with E-state index in [9.17, 15) is 13.2 Å². The first-order valence-corrected chi connectivity index (χ1v) is 11.7. The van der Waals surface area contributed by atoms with Gasteiger partial charge in [-0.05, 0) is 67.4 Å². The Morgan fingerprint density at radius 1 is 0.903 bits per heavy atom. The first-order valence-electron chi connectivity index (χ1n) is 9.52. The molecule has 0 saturated carbocycles. The molecule has 3 aromatic carbocycles. The van der Waals surface area contributed by atoms with Gasteiger partial charge in [0.1, 0.15) is 0 Å². The lowest BCUT2D eigenvalue weighted by Gasteiger charge is -2.22. The molecule has 31 heavy (non-hydrogen) atoms. The molecule has 1 N–H and O–H groups in total. The average Bonchev–Trinajstić information content (AvgIpc) is 2.71. The van der Waals surface area contributed by atoms with E-state index in [2.05, 4.69) is 5.32 Å². The number of rotatable bonds is 7. The van der Waals surface area contributed by atoms with Crippen molar-refractivity contribution in [1.82, 2.24) is 4.31 Å². The number of nitrogens with zero attached hydrogens (tertiary/aromatic N) is 1. The number of carbonyl (C=O) groups excluding carboxylic acids is 1. The normalized spacial score (nSPS) is 11.5. The number of hydrogen-bond donors (Lipinski definition) is 1. The van der Waals surface area contributed by atoms with Gasteiger partial charge in [-0.1, -0.05) is 53.0 Å². The highest BCUT2D eigenvalue weighted by molar-refractivity contribution is 7.89. The lowest BCUT2D eigenvalue weighted by Crippen LogP contribution is -2.37. The van der Waals surface area contributed by atoms with E-state index in [1.165, 1.54) is 24.3 Å². The van der Waals surface area contributed by atoms with Crippen molar-refractivity contribution >= 4 is 44.8 Å². The van der Waals surface area contributed by atoms with Crippen LogP contribution in [0.2, 0.25) is 10.0 Å². The van der Waals surface area contributed by atoms with E-state index in [0.717, 1.165) is 21.0 Å². The second-order valence-corrected chi connectivity index (χ2v) is 10.0. The molecule has 0 atom stereocenters. The molecule has 0 aromatic heterocycles. The Morgan fingerprint density at radius 2 is 1.52 bits per heavy atom. The number of nitrogens with one attached hydrogen (secondary N) is 1. The molecule has 0 unspecified atom stereocenters. The van der Waals surface area contributed by atoms with Gasteiger partial charge in [0.25, 0.3) is 0 Å². The van der Waals surface area contributed by atoms with Gasteiger partial charge in [-0.2, -0.15) is 4.31 Å². The fourth-order valence-electron chi connectivity index (χ4n) is 3.00. The molecule has 0 aliphatic heterocycles. The van der Waals surface area contributed by atoms with Gasteiger partial charge in [0, 0.05) is 22.3 Å². The SMILES string of the molecule is Cc1ccc(CN(CC(=O)Nc2ccc(Cl)cc2C)S(=O)(=O)c2ccc(Cl)cc2)cc1.